The molecule has 0 radical (unpaired) electrons. The molecule has 1 aliphatic heterocycles. The maximum absolute atomic E-state index is 5.72. The van der Waals surface area contributed by atoms with Crippen LogP contribution in [0.3, 0.4) is 0 Å². The molecule has 2 heterocycles. The molecule has 2 aromatic rings. The standard InChI is InChI=1S/C17H23N3O2/c1-12-16(13(2)20-19-12)11-18-10-14-5-4-6-15(9-14)17(3)21-7-8-22-17/h4-6,9,18H,7-8,10-11H2,1-3H3,(H,19,20). The van der Waals surface area contributed by atoms with Crippen molar-refractivity contribution in [1.29, 1.82) is 0 Å². The van der Waals surface area contributed by atoms with E-state index in [9.17, 15) is 0 Å². The van der Waals surface area contributed by atoms with E-state index in [1.165, 1.54) is 11.1 Å². The van der Waals surface area contributed by atoms with Gasteiger partial charge < -0.3 is 14.8 Å². The molecule has 5 nitrogen and oxygen atoms in total. The molecule has 1 aromatic heterocycles. The predicted octanol–water partition coefficient (Wildman–Crippen LogP) is 2.54. The van der Waals surface area contributed by atoms with Gasteiger partial charge in [0.1, 0.15) is 0 Å². The zero-order valence-corrected chi connectivity index (χ0v) is 13.4. The maximum Gasteiger partial charge on any atom is 0.192 e. The number of H-pyrrole nitrogens is 1. The number of ether oxygens (including phenoxy) is 2. The maximum atomic E-state index is 5.72. The second-order valence-corrected chi connectivity index (χ2v) is 5.86. The largest absolute Gasteiger partial charge is 0.344 e. The van der Waals surface area contributed by atoms with Gasteiger partial charge in [-0.15, -0.1) is 0 Å². The molecule has 0 saturated carbocycles. The molecular weight excluding hydrogens is 278 g/mol. The summed E-state index contributed by atoms with van der Waals surface area (Å²) in [6.07, 6.45) is 0. The van der Waals surface area contributed by atoms with Crippen LogP contribution in [-0.2, 0) is 28.4 Å². The van der Waals surface area contributed by atoms with Crippen molar-refractivity contribution in [3.8, 4) is 0 Å². The molecule has 5 heteroatoms. The van der Waals surface area contributed by atoms with E-state index in [-0.39, 0.29) is 0 Å². The Hall–Kier alpha value is -1.69. The van der Waals surface area contributed by atoms with Gasteiger partial charge in [0.25, 0.3) is 0 Å². The predicted molar refractivity (Wildman–Crippen MR) is 84.3 cm³/mol. The summed E-state index contributed by atoms with van der Waals surface area (Å²) >= 11 is 0. The third-order valence-corrected chi connectivity index (χ3v) is 4.20. The topological polar surface area (TPSA) is 59.2 Å². The minimum Gasteiger partial charge on any atom is -0.344 e. The van der Waals surface area contributed by atoms with Crippen LogP contribution >= 0.6 is 0 Å². The molecule has 0 bridgehead atoms. The summed E-state index contributed by atoms with van der Waals surface area (Å²) in [5.74, 6) is -0.603. The van der Waals surface area contributed by atoms with E-state index in [1.807, 2.05) is 20.8 Å². The summed E-state index contributed by atoms with van der Waals surface area (Å²) in [5.41, 5.74) is 5.71. The SMILES string of the molecule is Cc1n[nH]c(C)c1CNCc1cccc(C2(C)OCCO2)c1. The Morgan fingerprint density at radius 3 is 2.68 bits per heavy atom. The summed E-state index contributed by atoms with van der Waals surface area (Å²) < 4.78 is 11.4. The van der Waals surface area contributed by atoms with Crippen LogP contribution in [0.4, 0.5) is 0 Å². The second kappa shape index (κ2) is 6.20. The number of hydrogen-bond acceptors (Lipinski definition) is 4. The lowest BCUT2D eigenvalue weighted by Crippen LogP contribution is -2.23. The molecule has 22 heavy (non-hydrogen) atoms. The first-order chi connectivity index (χ1) is 10.6. The number of aromatic amines is 1. The number of aromatic nitrogens is 2. The fourth-order valence-corrected chi connectivity index (χ4v) is 2.81. The molecule has 1 aromatic carbocycles. The smallest absolute Gasteiger partial charge is 0.192 e. The van der Waals surface area contributed by atoms with E-state index in [4.69, 9.17) is 9.47 Å². The normalized spacial score (nSPS) is 17.0. The molecule has 1 saturated heterocycles. The molecule has 0 atom stereocenters. The van der Waals surface area contributed by atoms with Gasteiger partial charge in [-0.3, -0.25) is 5.10 Å². The third-order valence-electron chi connectivity index (χ3n) is 4.20. The van der Waals surface area contributed by atoms with Crippen molar-refractivity contribution in [2.24, 2.45) is 0 Å². The first kappa shape index (κ1) is 15.2. The molecule has 1 fully saturated rings. The molecule has 0 unspecified atom stereocenters. The molecule has 0 spiro atoms. The minimum atomic E-state index is -0.603. The first-order valence-electron chi connectivity index (χ1n) is 7.67. The number of hydrogen-bond donors (Lipinski definition) is 2. The molecule has 0 aliphatic carbocycles. The van der Waals surface area contributed by atoms with E-state index in [1.54, 1.807) is 0 Å². The second-order valence-electron chi connectivity index (χ2n) is 5.86. The van der Waals surface area contributed by atoms with E-state index in [2.05, 4.69) is 39.8 Å². The van der Waals surface area contributed by atoms with E-state index >= 15 is 0 Å². The quantitative estimate of drug-likeness (QED) is 0.891. The summed E-state index contributed by atoms with van der Waals surface area (Å²) in [5, 5.41) is 10.7. The van der Waals surface area contributed by atoms with Crippen LogP contribution < -0.4 is 5.32 Å². The number of nitrogens with one attached hydrogen (secondary N) is 2. The Morgan fingerprint density at radius 2 is 2.00 bits per heavy atom. The van der Waals surface area contributed by atoms with Crippen LogP contribution in [0.5, 0.6) is 0 Å². The summed E-state index contributed by atoms with van der Waals surface area (Å²) in [7, 11) is 0. The van der Waals surface area contributed by atoms with Gasteiger partial charge in [-0.05, 0) is 32.4 Å². The van der Waals surface area contributed by atoms with Crippen LogP contribution in [-0.4, -0.2) is 23.4 Å². The number of rotatable bonds is 5. The Bertz CT molecular complexity index is 626. The van der Waals surface area contributed by atoms with Crippen molar-refractivity contribution in [3.63, 3.8) is 0 Å². The minimum absolute atomic E-state index is 0.603. The molecule has 118 valence electrons. The average molecular weight is 301 g/mol. The lowest BCUT2D eigenvalue weighted by atomic mass is 10.0. The number of nitrogens with zero attached hydrogens (tertiary/aromatic N) is 1. The van der Waals surface area contributed by atoms with E-state index in [0.29, 0.717) is 13.2 Å². The van der Waals surface area contributed by atoms with Crippen molar-refractivity contribution < 1.29 is 9.47 Å². The third kappa shape index (κ3) is 3.06. The monoisotopic (exact) mass is 301 g/mol. The zero-order valence-electron chi connectivity index (χ0n) is 13.4. The van der Waals surface area contributed by atoms with E-state index in [0.717, 1.165) is 30.0 Å². The fourth-order valence-electron chi connectivity index (χ4n) is 2.81. The highest BCUT2D eigenvalue weighted by atomic mass is 16.7. The Balaban J connectivity index is 1.64. The highest BCUT2D eigenvalue weighted by Gasteiger charge is 2.32. The van der Waals surface area contributed by atoms with Crippen molar-refractivity contribution >= 4 is 0 Å². The zero-order chi connectivity index (χ0) is 15.6. The van der Waals surface area contributed by atoms with Gasteiger partial charge in [-0.25, -0.2) is 0 Å². The Morgan fingerprint density at radius 1 is 1.23 bits per heavy atom. The highest BCUT2D eigenvalue weighted by Crippen LogP contribution is 2.31. The van der Waals surface area contributed by atoms with E-state index < -0.39 is 5.79 Å². The molecular formula is C17H23N3O2. The van der Waals surface area contributed by atoms with Gasteiger partial charge in [0.05, 0.1) is 18.9 Å². The Labute approximate surface area is 131 Å². The van der Waals surface area contributed by atoms with Crippen molar-refractivity contribution in [2.45, 2.75) is 39.6 Å². The molecule has 3 rings (SSSR count). The van der Waals surface area contributed by atoms with Crippen molar-refractivity contribution in [3.05, 3.63) is 52.3 Å². The van der Waals surface area contributed by atoms with Gasteiger partial charge in [0.15, 0.2) is 5.79 Å². The summed E-state index contributed by atoms with van der Waals surface area (Å²) in [6.45, 7) is 8.96. The summed E-state index contributed by atoms with van der Waals surface area (Å²) in [6, 6.07) is 8.37. The summed E-state index contributed by atoms with van der Waals surface area (Å²) in [4.78, 5) is 0. The Kier molecular flexibility index (Phi) is 4.29. The number of benzene rings is 1. The highest BCUT2D eigenvalue weighted by molar-refractivity contribution is 5.27. The molecule has 1 aliphatic rings. The van der Waals surface area contributed by atoms with Gasteiger partial charge in [-0.2, -0.15) is 5.10 Å². The lowest BCUT2D eigenvalue weighted by molar-refractivity contribution is -0.149. The van der Waals surface area contributed by atoms with Gasteiger partial charge in [-0.1, -0.05) is 18.2 Å². The number of aryl methyl sites for hydroxylation is 2. The van der Waals surface area contributed by atoms with Crippen LogP contribution in [0.25, 0.3) is 0 Å². The average Bonchev–Trinajstić information content (AvgIpc) is 3.09. The van der Waals surface area contributed by atoms with Crippen LogP contribution in [0.2, 0.25) is 0 Å². The van der Waals surface area contributed by atoms with Crippen LogP contribution in [0.1, 0.15) is 35.0 Å². The lowest BCUT2D eigenvalue weighted by Gasteiger charge is -2.23. The molecule has 2 N–H and O–H groups in total. The first-order valence-corrected chi connectivity index (χ1v) is 7.67. The van der Waals surface area contributed by atoms with Crippen LogP contribution in [0.15, 0.2) is 24.3 Å². The van der Waals surface area contributed by atoms with Gasteiger partial charge >= 0.3 is 0 Å². The van der Waals surface area contributed by atoms with Crippen molar-refractivity contribution in [1.82, 2.24) is 15.5 Å². The molecule has 0 amide bonds. The fraction of sp³-hybridized carbons (Fsp3) is 0.471. The van der Waals surface area contributed by atoms with Gasteiger partial charge in [0, 0.05) is 29.9 Å². The van der Waals surface area contributed by atoms with Gasteiger partial charge in [0.2, 0.25) is 0 Å². The van der Waals surface area contributed by atoms with Crippen LogP contribution in [0, 0.1) is 13.8 Å². The van der Waals surface area contributed by atoms with Crippen molar-refractivity contribution in [2.75, 3.05) is 13.2 Å².